The van der Waals surface area contributed by atoms with Crippen LogP contribution in [0.1, 0.15) is 12.5 Å². The number of benzene rings is 1. The van der Waals surface area contributed by atoms with E-state index >= 15 is 0 Å². The molecule has 1 N–H and O–H groups in total. The molecule has 1 fully saturated rings. The van der Waals surface area contributed by atoms with Crippen LogP contribution >= 0.6 is 0 Å². The fourth-order valence-electron chi connectivity index (χ4n) is 1.81. The molecule has 2 rings (SSSR count). The largest absolute Gasteiger partial charge is 0.369 e. The summed E-state index contributed by atoms with van der Waals surface area (Å²) in [6, 6.07) is 3.27. The third-order valence-corrected chi connectivity index (χ3v) is 2.56. The smallest absolute Gasteiger partial charge is 0.246 e. The van der Waals surface area contributed by atoms with Crippen molar-refractivity contribution in [1.82, 2.24) is 5.32 Å². The predicted molar refractivity (Wildman–Crippen MR) is 52.7 cm³/mol. The number of carbonyl (C=O) groups excluding carboxylic acids is 1. The van der Waals surface area contributed by atoms with E-state index in [4.69, 9.17) is 4.74 Å². The molecule has 1 atom stereocenters. The number of ether oxygens (including phenoxy) is 1. The summed E-state index contributed by atoms with van der Waals surface area (Å²) < 4.78 is 31.4. The molecule has 1 heterocycles. The molecule has 5 heteroatoms. The zero-order chi connectivity index (χ0) is 11.8. The van der Waals surface area contributed by atoms with Crippen LogP contribution < -0.4 is 5.32 Å². The SMILES string of the molecule is C[C@@]1(c2ccc(F)cc2F)COCC(=O)N1. The normalized spacial score (nSPS) is 25.3. The lowest BCUT2D eigenvalue weighted by Gasteiger charge is -2.34. The van der Waals surface area contributed by atoms with Gasteiger partial charge in [0.25, 0.3) is 0 Å². The van der Waals surface area contributed by atoms with Gasteiger partial charge in [0.05, 0.1) is 12.1 Å². The summed E-state index contributed by atoms with van der Waals surface area (Å²) in [5.74, 6) is -1.64. The second-order valence-electron chi connectivity index (χ2n) is 4.00. The second-order valence-corrected chi connectivity index (χ2v) is 4.00. The molecule has 0 aromatic heterocycles. The Morgan fingerprint density at radius 2 is 2.19 bits per heavy atom. The fraction of sp³-hybridized carbons (Fsp3) is 0.364. The van der Waals surface area contributed by atoms with E-state index in [1.807, 2.05) is 0 Å². The molecule has 0 radical (unpaired) electrons. The molecule has 1 aromatic rings. The Bertz CT molecular complexity index is 436. The molecule has 1 aliphatic rings. The second kappa shape index (κ2) is 3.83. The molecule has 1 saturated heterocycles. The van der Waals surface area contributed by atoms with Crippen molar-refractivity contribution in [2.75, 3.05) is 13.2 Å². The summed E-state index contributed by atoms with van der Waals surface area (Å²) in [6.07, 6.45) is 0. The Kier molecular flexibility index (Phi) is 2.63. The predicted octanol–water partition coefficient (Wildman–Crippen LogP) is 1.33. The maximum Gasteiger partial charge on any atom is 0.246 e. The molecule has 0 spiro atoms. The Morgan fingerprint density at radius 3 is 2.81 bits per heavy atom. The number of hydrogen-bond donors (Lipinski definition) is 1. The minimum absolute atomic E-state index is 0.0294. The molecule has 16 heavy (non-hydrogen) atoms. The maximum atomic E-state index is 13.6. The first-order valence-corrected chi connectivity index (χ1v) is 4.85. The molecule has 1 aliphatic heterocycles. The maximum absolute atomic E-state index is 13.6. The Hall–Kier alpha value is -1.49. The Balaban J connectivity index is 2.38. The van der Waals surface area contributed by atoms with Crippen LogP contribution in [0.15, 0.2) is 18.2 Å². The van der Waals surface area contributed by atoms with Gasteiger partial charge in [-0.25, -0.2) is 8.78 Å². The number of rotatable bonds is 1. The van der Waals surface area contributed by atoms with Crippen LogP contribution in [-0.4, -0.2) is 19.1 Å². The van der Waals surface area contributed by atoms with E-state index in [-0.39, 0.29) is 24.7 Å². The van der Waals surface area contributed by atoms with Crippen LogP contribution in [0.5, 0.6) is 0 Å². The Labute approximate surface area is 91.4 Å². The molecule has 1 amide bonds. The summed E-state index contributed by atoms with van der Waals surface area (Å²) in [5.41, 5.74) is -0.713. The topological polar surface area (TPSA) is 38.3 Å². The quantitative estimate of drug-likeness (QED) is 0.786. The molecule has 0 unspecified atom stereocenters. The van der Waals surface area contributed by atoms with Gasteiger partial charge in [-0.2, -0.15) is 0 Å². The van der Waals surface area contributed by atoms with Crippen molar-refractivity contribution < 1.29 is 18.3 Å². The number of nitrogens with one attached hydrogen (secondary N) is 1. The summed E-state index contributed by atoms with van der Waals surface area (Å²) in [5, 5.41) is 2.64. The first kappa shape index (κ1) is 11.0. The van der Waals surface area contributed by atoms with Crippen molar-refractivity contribution in [3.63, 3.8) is 0 Å². The highest BCUT2D eigenvalue weighted by molar-refractivity contribution is 5.79. The van der Waals surface area contributed by atoms with Gasteiger partial charge in [0, 0.05) is 11.6 Å². The van der Waals surface area contributed by atoms with Crippen LogP contribution in [0, 0.1) is 11.6 Å². The molecule has 0 aliphatic carbocycles. The number of halogens is 2. The molecule has 0 bridgehead atoms. The van der Waals surface area contributed by atoms with Crippen molar-refractivity contribution >= 4 is 5.91 Å². The fourth-order valence-corrected chi connectivity index (χ4v) is 1.81. The van der Waals surface area contributed by atoms with Gasteiger partial charge in [0.2, 0.25) is 5.91 Å². The van der Waals surface area contributed by atoms with E-state index in [0.717, 1.165) is 12.1 Å². The first-order chi connectivity index (χ1) is 7.51. The lowest BCUT2D eigenvalue weighted by Crippen LogP contribution is -2.53. The average molecular weight is 227 g/mol. The lowest BCUT2D eigenvalue weighted by atomic mass is 9.91. The van der Waals surface area contributed by atoms with Gasteiger partial charge in [0.1, 0.15) is 18.2 Å². The summed E-state index contributed by atoms with van der Waals surface area (Å²) >= 11 is 0. The monoisotopic (exact) mass is 227 g/mol. The van der Waals surface area contributed by atoms with Gasteiger partial charge in [-0.3, -0.25) is 4.79 Å². The van der Waals surface area contributed by atoms with E-state index in [1.54, 1.807) is 6.92 Å². The van der Waals surface area contributed by atoms with Gasteiger partial charge in [-0.1, -0.05) is 6.07 Å². The molecule has 0 saturated carbocycles. The van der Waals surface area contributed by atoms with Crippen LogP contribution in [-0.2, 0) is 15.1 Å². The lowest BCUT2D eigenvalue weighted by molar-refractivity contribution is -0.135. The van der Waals surface area contributed by atoms with Crippen molar-refractivity contribution in [3.05, 3.63) is 35.4 Å². The minimum atomic E-state index is -0.937. The summed E-state index contributed by atoms with van der Waals surface area (Å²) in [7, 11) is 0. The van der Waals surface area contributed by atoms with Gasteiger partial charge in [0.15, 0.2) is 0 Å². The highest BCUT2D eigenvalue weighted by atomic mass is 19.1. The van der Waals surface area contributed by atoms with Gasteiger partial charge in [-0.05, 0) is 13.0 Å². The average Bonchev–Trinajstić information content (AvgIpc) is 2.16. The number of hydrogen-bond acceptors (Lipinski definition) is 2. The highest BCUT2D eigenvalue weighted by Crippen LogP contribution is 2.26. The Morgan fingerprint density at radius 1 is 1.44 bits per heavy atom. The van der Waals surface area contributed by atoms with Crippen molar-refractivity contribution in [2.24, 2.45) is 0 Å². The third kappa shape index (κ3) is 1.90. The van der Waals surface area contributed by atoms with Crippen molar-refractivity contribution in [1.29, 1.82) is 0 Å². The standard InChI is InChI=1S/C11H11F2NO2/c1-11(6-16-5-10(15)14-11)8-3-2-7(12)4-9(8)13/h2-4H,5-6H2,1H3,(H,14,15)/t11-/m0/s1. The molecular weight excluding hydrogens is 216 g/mol. The zero-order valence-corrected chi connectivity index (χ0v) is 8.72. The summed E-state index contributed by atoms with van der Waals surface area (Å²) in [4.78, 5) is 11.2. The molecule has 3 nitrogen and oxygen atoms in total. The van der Waals surface area contributed by atoms with Crippen LogP contribution in [0.25, 0.3) is 0 Å². The van der Waals surface area contributed by atoms with E-state index < -0.39 is 17.2 Å². The van der Waals surface area contributed by atoms with E-state index in [2.05, 4.69) is 5.32 Å². The van der Waals surface area contributed by atoms with Crippen molar-refractivity contribution in [3.8, 4) is 0 Å². The first-order valence-electron chi connectivity index (χ1n) is 4.85. The summed E-state index contributed by atoms with van der Waals surface area (Å²) in [6.45, 7) is 1.78. The van der Waals surface area contributed by atoms with E-state index in [0.29, 0.717) is 0 Å². The van der Waals surface area contributed by atoms with Crippen LogP contribution in [0.3, 0.4) is 0 Å². The zero-order valence-electron chi connectivity index (χ0n) is 8.72. The van der Waals surface area contributed by atoms with Gasteiger partial charge < -0.3 is 10.1 Å². The van der Waals surface area contributed by atoms with Gasteiger partial charge in [-0.15, -0.1) is 0 Å². The van der Waals surface area contributed by atoms with Crippen LogP contribution in [0.2, 0.25) is 0 Å². The molecule has 1 aromatic carbocycles. The van der Waals surface area contributed by atoms with Gasteiger partial charge >= 0.3 is 0 Å². The molecular formula is C11H11F2NO2. The highest BCUT2D eigenvalue weighted by Gasteiger charge is 2.35. The number of amides is 1. The van der Waals surface area contributed by atoms with Crippen LogP contribution in [0.4, 0.5) is 8.78 Å². The van der Waals surface area contributed by atoms with E-state index in [1.165, 1.54) is 6.07 Å². The number of carbonyl (C=O) groups is 1. The number of morpholine rings is 1. The third-order valence-electron chi connectivity index (χ3n) is 2.56. The van der Waals surface area contributed by atoms with Crippen molar-refractivity contribution in [2.45, 2.75) is 12.5 Å². The van der Waals surface area contributed by atoms with E-state index in [9.17, 15) is 13.6 Å². The minimum Gasteiger partial charge on any atom is -0.369 e. The molecule has 86 valence electrons.